The largest absolute Gasteiger partial charge is 0.491 e. The predicted octanol–water partition coefficient (Wildman–Crippen LogP) is 3.18. The predicted molar refractivity (Wildman–Crippen MR) is 121 cm³/mol. The second-order valence-electron chi connectivity index (χ2n) is 8.45. The van der Waals surface area contributed by atoms with Gasteiger partial charge in [0.05, 0.1) is 18.8 Å². The highest BCUT2D eigenvalue weighted by atomic mass is 16.5. The Balaban J connectivity index is 1.87. The van der Waals surface area contributed by atoms with Crippen LogP contribution in [0, 0.1) is 5.92 Å². The van der Waals surface area contributed by atoms with Gasteiger partial charge in [0.15, 0.2) is 5.96 Å². The minimum atomic E-state index is -0.635. The number of likely N-dealkylation sites (tertiary alicyclic amines) is 1. The first-order valence-electron chi connectivity index (χ1n) is 11.1. The lowest BCUT2D eigenvalue weighted by Crippen LogP contribution is -2.46. The molecule has 1 aromatic rings. The number of aliphatic hydroxyl groups excluding tert-OH is 1. The van der Waals surface area contributed by atoms with Crippen LogP contribution in [0.5, 0.6) is 5.75 Å². The summed E-state index contributed by atoms with van der Waals surface area (Å²) in [5.74, 6) is 2.22. The molecule has 1 aliphatic heterocycles. The Labute approximate surface area is 176 Å². The maximum Gasteiger partial charge on any atom is 0.191 e. The maximum atomic E-state index is 10.5. The van der Waals surface area contributed by atoms with Gasteiger partial charge in [-0.05, 0) is 77.6 Å². The van der Waals surface area contributed by atoms with Crippen molar-refractivity contribution in [1.29, 1.82) is 0 Å². The average Bonchev–Trinajstić information content (AvgIpc) is 2.70. The molecule has 0 radical (unpaired) electrons. The number of aliphatic imine (C=N–C) groups is 1. The molecule has 2 unspecified atom stereocenters. The SMILES string of the molecule is CCNC(=NCC(O)c1ccc(OC(C)C)cc1)NCC1CCCN(C(C)C)C1. The molecule has 1 heterocycles. The molecule has 1 aliphatic rings. The van der Waals surface area contributed by atoms with Gasteiger partial charge in [0.25, 0.3) is 0 Å². The summed E-state index contributed by atoms with van der Waals surface area (Å²) >= 11 is 0. The van der Waals surface area contributed by atoms with Crippen LogP contribution < -0.4 is 15.4 Å². The molecule has 0 aromatic heterocycles. The van der Waals surface area contributed by atoms with Gasteiger partial charge >= 0.3 is 0 Å². The van der Waals surface area contributed by atoms with Gasteiger partial charge in [-0.15, -0.1) is 0 Å². The lowest BCUT2D eigenvalue weighted by molar-refractivity contribution is 0.141. The summed E-state index contributed by atoms with van der Waals surface area (Å²) in [6.45, 7) is 15.0. The quantitative estimate of drug-likeness (QED) is 0.436. The van der Waals surface area contributed by atoms with Gasteiger partial charge in [-0.1, -0.05) is 12.1 Å². The lowest BCUT2D eigenvalue weighted by atomic mass is 9.97. The summed E-state index contributed by atoms with van der Waals surface area (Å²) in [6, 6.07) is 8.21. The smallest absolute Gasteiger partial charge is 0.191 e. The van der Waals surface area contributed by atoms with E-state index in [0.29, 0.717) is 18.5 Å². The number of piperidine rings is 1. The van der Waals surface area contributed by atoms with E-state index < -0.39 is 6.10 Å². The van der Waals surface area contributed by atoms with Gasteiger partial charge in [0.1, 0.15) is 5.75 Å². The first kappa shape index (κ1) is 23.5. The molecule has 29 heavy (non-hydrogen) atoms. The van der Waals surface area contributed by atoms with Crippen molar-refractivity contribution in [3.63, 3.8) is 0 Å². The summed E-state index contributed by atoms with van der Waals surface area (Å²) < 4.78 is 5.66. The van der Waals surface area contributed by atoms with Crippen molar-refractivity contribution < 1.29 is 9.84 Å². The van der Waals surface area contributed by atoms with E-state index in [0.717, 1.165) is 36.9 Å². The third kappa shape index (κ3) is 8.23. The minimum Gasteiger partial charge on any atom is -0.491 e. The molecule has 3 N–H and O–H groups in total. The second kappa shape index (κ2) is 12.0. The zero-order valence-corrected chi connectivity index (χ0v) is 18.8. The molecule has 0 bridgehead atoms. The van der Waals surface area contributed by atoms with Crippen LogP contribution >= 0.6 is 0 Å². The fraction of sp³-hybridized carbons (Fsp3) is 0.696. The van der Waals surface area contributed by atoms with E-state index >= 15 is 0 Å². The Hall–Kier alpha value is -1.79. The zero-order chi connectivity index (χ0) is 21.2. The van der Waals surface area contributed by atoms with Crippen LogP contribution in [0.3, 0.4) is 0 Å². The van der Waals surface area contributed by atoms with E-state index in [9.17, 15) is 5.11 Å². The Morgan fingerprint density at radius 1 is 1.21 bits per heavy atom. The highest BCUT2D eigenvalue weighted by Crippen LogP contribution is 2.19. The van der Waals surface area contributed by atoms with Gasteiger partial charge < -0.3 is 25.4 Å². The van der Waals surface area contributed by atoms with Crippen LogP contribution in [0.2, 0.25) is 0 Å². The topological polar surface area (TPSA) is 69.1 Å². The second-order valence-corrected chi connectivity index (χ2v) is 8.45. The van der Waals surface area contributed by atoms with Crippen LogP contribution in [0.1, 0.15) is 59.1 Å². The number of nitrogens with zero attached hydrogens (tertiary/aromatic N) is 2. The number of hydrogen-bond acceptors (Lipinski definition) is 4. The fourth-order valence-corrected chi connectivity index (χ4v) is 3.64. The van der Waals surface area contributed by atoms with E-state index in [-0.39, 0.29) is 6.10 Å². The van der Waals surface area contributed by atoms with Crippen molar-refractivity contribution >= 4 is 5.96 Å². The molecule has 164 valence electrons. The third-order valence-corrected chi connectivity index (χ3v) is 5.24. The van der Waals surface area contributed by atoms with Crippen LogP contribution in [0.25, 0.3) is 0 Å². The van der Waals surface area contributed by atoms with E-state index in [2.05, 4.69) is 41.3 Å². The number of rotatable bonds is 9. The van der Waals surface area contributed by atoms with Crippen molar-refractivity contribution in [3.05, 3.63) is 29.8 Å². The Kier molecular flexibility index (Phi) is 9.74. The standard InChI is InChI=1S/C23H40N4O2/c1-6-24-23(25-14-19-8-7-13-27(16-19)17(2)3)26-15-22(28)20-9-11-21(12-10-20)29-18(4)5/h9-12,17-19,22,28H,6-8,13-16H2,1-5H3,(H2,24,25,26). The molecule has 2 atom stereocenters. The first-order chi connectivity index (χ1) is 13.9. The highest BCUT2D eigenvalue weighted by molar-refractivity contribution is 5.79. The Morgan fingerprint density at radius 2 is 1.93 bits per heavy atom. The molecule has 0 aliphatic carbocycles. The molecule has 1 fully saturated rings. The average molecular weight is 405 g/mol. The minimum absolute atomic E-state index is 0.140. The van der Waals surface area contributed by atoms with E-state index in [1.807, 2.05) is 38.1 Å². The van der Waals surface area contributed by atoms with Crippen molar-refractivity contribution in [2.75, 3.05) is 32.7 Å². The van der Waals surface area contributed by atoms with E-state index in [1.165, 1.54) is 19.4 Å². The molecule has 6 nitrogen and oxygen atoms in total. The lowest BCUT2D eigenvalue weighted by Gasteiger charge is -2.35. The number of aliphatic hydroxyl groups is 1. The number of nitrogens with one attached hydrogen (secondary N) is 2. The maximum absolute atomic E-state index is 10.5. The van der Waals surface area contributed by atoms with Crippen molar-refractivity contribution in [2.45, 2.75) is 65.7 Å². The molecule has 0 saturated carbocycles. The Bertz CT molecular complexity index is 616. The van der Waals surface area contributed by atoms with Crippen LogP contribution in [-0.2, 0) is 0 Å². The molecule has 1 saturated heterocycles. The zero-order valence-electron chi connectivity index (χ0n) is 18.8. The Morgan fingerprint density at radius 3 is 2.55 bits per heavy atom. The summed E-state index contributed by atoms with van der Waals surface area (Å²) in [6.07, 6.45) is 2.02. The molecule has 6 heteroatoms. The van der Waals surface area contributed by atoms with Gasteiger partial charge in [-0.3, -0.25) is 4.99 Å². The van der Waals surface area contributed by atoms with Crippen molar-refractivity contribution in [1.82, 2.24) is 15.5 Å². The number of ether oxygens (including phenoxy) is 1. The summed E-state index contributed by atoms with van der Waals surface area (Å²) in [4.78, 5) is 7.15. The van der Waals surface area contributed by atoms with Gasteiger partial charge in [-0.25, -0.2) is 0 Å². The first-order valence-corrected chi connectivity index (χ1v) is 11.1. The molecule has 2 rings (SSSR count). The van der Waals surface area contributed by atoms with Crippen molar-refractivity contribution in [2.24, 2.45) is 10.9 Å². The van der Waals surface area contributed by atoms with Gasteiger partial charge in [0, 0.05) is 25.7 Å². The van der Waals surface area contributed by atoms with E-state index in [1.54, 1.807) is 0 Å². The van der Waals surface area contributed by atoms with Gasteiger partial charge in [0.2, 0.25) is 0 Å². The highest BCUT2D eigenvalue weighted by Gasteiger charge is 2.21. The van der Waals surface area contributed by atoms with Crippen LogP contribution in [0.15, 0.2) is 29.3 Å². The van der Waals surface area contributed by atoms with Crippen LogP contribution in [0.4, 0.5) is 0 Å². The number of hydrogen-bond donors (Lipinski definition) is 3. The molecule has 1 aromatic carbocycles. The third-order valence-electron chi connectivity index (χ3n) is 5.24. The normalized spacial score (nSPS) is 19.4. The fourth-order valence-electron chi connectivity index (χ4n) is 3.64. The van der Waals surface area contributed by atoms with Crippen molar-refractivity contribution in [3.8, 4) is 5.75 Å². The summed E-state index contributed by atoms with van der Waals surface area (Å²) in [5, 5.41) is 17.3. The summed E-state index contributed by atoms with van der Waals surface area (Å²) in [7, 11) is 0. The molecule has 0 amide bonds. The molecular weight excluding hydrogens is 364 g/mol. The molecular formula is C23H40N4O2. The summed E-state index contributed by atoms with van der Waals surface area (Å²) in [5.41, 5.74) is 0.848. The van der Waals surface area contributed by atoms with E-state index in [4.69, 9.17) is 4.74 Å². The van der Waals surface area contributed by atoms with Gasteiger partial charge in [-0.2, -0.15) is 0 Å². The van der Waals surface area contributed by atoms with Crippen LogP contribution in [-0.4, -0.2) is 60.8 Å². The number of guanidine groups is 1. The number of benzene rings is 1. The monoisotopic (exact) mass is 404 g/mol. The molecule has 0 spiro atoms.